The van der Waals surface area contributed by atoms with Gasteiger partial charge in [-0.25, -0.2) is 9.59 Å². The Kier molecular flexibility index (Phi) is 6.17. The molecule has 1 aromatic carbocycles. The smallest absolute Gasteiger partial charge is 0.326 e. The fourth-order valence-electron chi connectivity index (χ4n) is 1.62. The van der Waals surface area contributed by atoms with E-state index in [2.05, 4.69) is 5.32 Å². The van der Waals surface area contributed by atoms with Crippen LogP contribution in [0.2, 0.25) is 0 Å². The predicted octanol–water partition coefficient (Wildman–Crippen LogP) is 1.19. The highest BCUT2D eigenvalue weighted by Crippen LogP contribution is 2.13. The number of aliphatic carboxylic acids is 1. The molecule has 112 valence electrons. The van der Waals surface area contributed by atoms with Crippen LogP contribution in [0.1, 0.15) is 12.0 Å². The lowest BCUT2D eigenvalue weighted by Crippen LogP contribution is -2.47. The zero-order valence-corrected chi connectivity index (χ0v) is 11.9. The van der Waals surface area contributed by atoms with Crippen molar-refractivity contribution in [2.45, 2.75) is 12.5 Å². The molecule has 0 saturated heterocycles. The highest BCUT2D eigenvalue weighted by molar-refractivity contribution is 5.94. The molecule has 0 heterocycles. The molecular weight excluding hydrogens is 274 g/mol. The lowest BCUT2D eigenvalue weighted by Gasteiger charge is -2.21. The topological polar surface area (TPSA) is 103 Å². The van der Waals surface area contributed by atoms with Gasteiger partial charge in [0.25, 0.3) is 0 Å². The standard InChI is InChI=1S/C14H17N3O4/c1-17(11-5-3-10(9-15)4-6-11)14(20)16-12(13(18)19)7-8-21-2/h3-6,12H,7-8H2,1-2H3,(H,16,20)(H,18,19). The van der Waals surface area contributed by atoms with E-state index in [4.69, 9.17) is 15.1 Å². The summed E-state index contributed by atoms with van der Waals surface area (Å²) in [5.74, 6) is -1.12. The number of carbonyl (C=O) groups is 2. The number of nitrogens with zero attached hydrogens (tertiary/aromatic N) is 2. The summed E-state index contributed by atoms with van der Waals surface area (Å²) < 4.78 is 4.82. The largest absolute Gasteiger partial charge is 0.480 e. The van der Waals surface area contributed by atoms with Crippen molar-refractivity contribution in [1.29, 1.82) is 5.26 Å². The Morgan fingerprint density at radius 2 is 2.05 bits per heavy atom. The Labute approximate surface area is 122 Å². The second-order valence-electron chi connectivity index (χ2n) is 4.34. The average Bonchev–Trinajstić information content (AvgIpc) is 2.50. The molecule has 1 unspecified atom stereocenters. The number of carbonyl (C=O) groups excluding carboxylic acids is 1. The third kappa shape index (κ3) is 4.78. The van der Waals surface area contributed by atoms with E-state index >= 15 is 0 Å². The first-order valence-corrected chi connectivity index (χ1v) is 6.25. The van der Waals surface area contributed by atoms with Gasteiger partial charge in [-0.2, -0.15) is 5.26 Å². The maximum Gasteiger partial charge on any atom is 0.326 e. The number of nitriles is 1. The van der Waals surface area contributed by atoms with Crippen LogP contribution in [0.3, 0.4) is 0 Å². The molecule has 2 N–H and O–H groups in total. The molecule has 2 amide bonds. The van der Waals surface area contributed by atoms with E-state index < -0.39 is 18.0 Å². The summed E-state index contributed by atoms with van der Waals surface area (Å²) in [5, 5.41) is 20.2. The SMILES string of the molecule is COCCC(NC(=O)N(C)c1ccc(C#N)cc1)C(=O)O. The lowest BCUT2D eigenvalue weighted by atomic mass is 10.2. The van der Waals surface area contributed by atoms with Gasteiger partial charge < -0.3 is 15.2 Å². The Bertz CT molecular complexity index is 536. The van der Waals surface area contributed by atoms with Crippen LogP contribution in [0.4, 0.5) is 10.5 Å². The van der Waals surface area contributed by atoms with Crippen LogP contribution in [-0.4, -0.2) is 43.9 Å². The van der Waals surface area contributed by atoms with Crippen LogP contribution in [0.15, 0.2) is 24.3 Å². The first-order valence-electron chi connectivity index (χ1n) is 6.25. The van der Waals surface area contributed by atoms with Crippen molar-refractivity contribution in [3.05, 3.63) is 29.8 Å². The van der Waals surface area contributed by atoms with Crippen LogP contribution in [-0.2, 0) is 9.53 Å². The molecule has 1 aromatic rings. The number of ether oxygens (including phenoxy) is 1. The molecule has 21 heavy (non-hydrogen) atoms. The zero-order valence-electron chi connectivity index (χ0n) is 11.9. The molecule has 7 heteroatoms. The summed E-state index contributed by atoms with van der Waals surface area (Å²) in [5.41, 5.74) is 1.04. The maximum atomic E-state index is 12.0. The number of benzene rings is 1. The van der Waals surface area contributed by atoms with Crippen molar-refractivity contribution in [1.82, 2.24) is 5.32 Å². The van der Waals surface area contributed by atoms with Gasteiger partial charge in [-0.1, -0.05) is 0 Å². The summed E-state index contributed by atoms with van der Waals surface area (Å²) >= 11 is 0. The molecule has 0 aliphatic carbocycles. The van der Waals surface area contributed by atoms with Crippen molar-refractivity contribution in [3.8, 4) is 6.07 Å². The third-order valence-corrected chi connectivity index (χ3v) is 2.89. The maximum absolute atomic E-state index is 12.0. The Balaban J connectivity index is 2.71. The minimum absolute atomic E-state index is 0.179. The molecular formula is C14H17N3O4. The number of carboxylic acids is 1. The molecule has 1 atom stereocenters. The summed E-state index contributed by atoms with van der Waals surface area (Å²) in [6.45, 7) is 0.234. The van der Waals surface area contributed by atoms with Crippen molar-refractivity contribution in [2.75, 3.05) is 25.7 Å². The second-order valence-corrected chi connectivity index (χ2v) is 4.34. The molecule has 1 rings (SSSR count). The molecule has 0 aromatic heterocycles. The fraction of sp³-hybridized carbons (Fsp3) is 0.357. The summed E-state index contributed by atoms with van der Waals surface area (Å²) in [6, 6.07) is 6.82. The van der Waals surface area contributed by atoms with Crippen molar-refractivity contribution in [3.63, 3.8) is 0 Å². The minimum atomic E-state index is -1.12. The van der Waals surface area contributed by atoms with Crippen LogP contribution in [0, 0.1) is 11.3 Å². The first-order chi connectivity index (χ1) is 9.99. The minimum Gasteiger partial charge on any atom is -0.480 e. The lowest BCUT2D eigenvalue weighted by molar-refractivity contribution is -0.139. The van der Waals surface area contributed by atoms with Gasteiger partial charge in [0.2, 0.25) is 0 Å². The number of anilines is 1. The summed E-state index contributed by atoms with van der Waals surface area (Å²) in [7, 11) is 2.98. The van der Waals surface area contributed by atoms with E-state index in [-0.39, 0.29) is 13.0 Å². The number of amides is 2. The van der Waals surface area contributed by atoms with Gasteiger partial charge >= 0.3 is 12.0 Å². The van der Waals surface area contributed by atoms with Gasteiger partial charge in [0.15, 0.2) is 0 Å². The van der Waals surface area contributed by atoms with Gasteiger partial charge in [0, 0.05) is 32.9 Å². The van der Waals surface area contributed by atoms with Crippen LogP contribution in [0.25, 0.3) is 0 Å². The molecule has 0 bridgehead atoms. The number of methoxy groups -OCH3 is 1. The van der Waals surface area contributed by atoms with Gasteiger partial charge in [0.1, 0.15) is 6.04 Å². The zero-order chi connectivity index (χ0) is 15.8. The van der Waals surface area contributed by atoms with E-state index in [0.29, 0.717) is 11.3 Å². The number of rotatable bonds is 6. The van der Waals surface area contributed by atoms with Crippen LogP contribution >= 0.6 is 0 Å². The van der Waals surface area contributed by atoms with Crippen molar-refractivity contribution < 1.29 is 19.4 Å². The number of hydrogen-bond donors (Lipinski definition) is 2. The third-order valence-electron chi connectivity index (χ3n) is 2.89. The summed E-state index contributed by atoms with van der Waals surface area (Å²) in [6.07, 6.45) is 0.179. The second kappa shape index (κ2) is 7.87. The number of carboxylic acid groups (broad SMARTS) is 1. The highest BCUT2D eigenvalue weighted by atomic mass is 16.5. The van der Waals surface area contributed by atoms with Gasteiger partial charge in [-0.3, -0.25) is 4.90 Å². The molecule has 0 aliphatic heterocycles. The van der Waals surface area contributed by atoms with Gasteiger partial charge in [-0.05, 0) is 24.3 Å². The molecule has 0 spiro atoms. The number of urea groups is 1. The number of hydrogen-bond acceptors (Lipinski definition) is 4. The fourth-order valence-corrected chi connectivity index (χ4v) is 1.62. The monoisotopic (exact) mass is 291 g/mol. The summed E-state index contributed by atoms with van der Waals surface area (Å²) in [4.78, 5) is 24.4. The Morgan fingerprint density at radius 1 is 1.43 bits per heavy atom. The van der Waals surface area contributed by atoms with Crippen molar-refractivity contribution >= 4 is 17.7 Å². The first kappa shape index (κ1) is 16.5. The quantitative estimate of drug-likeness (QED) is 0.819. The van der Waals surface area contributed by atoms with Crippen LogP contribution in [0.5, 0.6) is 0 Å². The Morgan fingerprint density at radius 3 is 2.52 bits per heavy atom. The van der Waals surface area contributed by atoms with Gasteiger partial charge in [-0.15, -0.1) is 0 Å². The average molecular weight is 291 g/mol. The highest BCUT2D eigenvalue weighted by Gasteiger charge is 2.21. The molecule has 7 nitrogen and oxygen atoms in total. The van der Waals surface area contributed by atoms with Gasteiger partial charge in [0.05, 0.1) is 11.6 Å². The molecule has 0 fully saturated rings. The van der Waals surface area contributed by atoms with E-state index in [1.165, 1.54) is 19.1 Å². The normalized spacial score (nSPS) is 11.3. The van der Waals surface area contributed by atoms with E-state index in [9.17, 15) is 9.59 Å². The van der Waals surface area contributed by atoms with E-state index in [1.807, 2.05) is 6.07 Å². The predicted molar refractivity (Wildman–Crippen MR) is 76.0 cm³/mol. The molecule has 0 saturated carbocycles. The van der Waals surface area contributed by atoms with E-state index in [1.54, 1.807) is 24.3 Å². The molecule has 0 radical (unpaired) electrons. The number of nitrogens with one attached hydrogen (secondary N) is 1. The Hall–Kier alpha value is -2.59. The van der Waals surface area contributed by atoms with Crippen molar-refractivity contribution in [2.24, 2.45) is 0 Å². The molecule has 0 aliphatic rings. The van der Waals surface area contributed by atoms with Crippen LogP contribution < -0.4 is 10.2 Å². The van der Waals surface area contributed by atoms with E-state index in [0.717, 1.165) is 0 Å².